The summed E-state index contributed by atoms with van der Waals surface area (Å²) in [6.45, 7) is 1.90. The maximum Gasteiger partial charge on any atom is 0.293 e. The number of nitro groups is 1. The molecule has 2 aromatic rings. The summed E-state index contributed by atoms with van der Waals surface area (Å²) in [5.74, 6) is -0.699. The van der Waals surface area contributed by atoms with Crippen LogP contribution in [0.25, 0.3) is 0 Å². The van der Waals surface area contributed by atoms with Crippen LogP contribution in [0.3, 0.4) is 0 Å². The summed E-state index contributed by atoms with van der Waals surface area (Å²) in [5.41, 5.74) is 6.40. The Hall–Kier alpha value is -2.41. The Morgan fingerprint density at radius 2 is 1.91 bits per heavy atom. The number of benzene rings is 2. The Labute approximate surface area is 135 Å². The van der Waals surface area contributed by atoms with Gasteiger partial charge in [0.15, 0.2) is 0 Å². The van der Waals surface area contributed by atoms with E-state index in [0.717, 1.165) is 10.0 Å². The minimum Gasteiger partial charge on any atom is -0.373 e. The highest BCUT2D eigenvalue weighted by molar-refractivity contribution is 9.10. The molecule has 22 heavy (non-hydrogen) atoms. The second-order valence-electron chi connectivity index (χ2n) is 4.77. The fraction of sp³-hybridized carbons (Fsp3) is 0.133. The van der Waals surface area contributed by atoms with Crippen LogP contribution in [0, 0.1) is 10.1 Å². The van der Waals surface area contributed by atoms with E-state index in [2.05, 4.69) is 21.2 Å². The first kappa shape index (κ1) is 16.0. The molecule has 0 unspecified atom stereocenters. The van der Waals surface area contributed by atoms with E-state index in [1.54, 1.807) is 0 Å². The number of halogens is 1. The lowest BCUT2D eigenvalue weighted by molar-refractivity contribution is -0.384. The molecule has 1 atom stereocenters. The summed E-state index contributed by atoms with van der Waals surface area (Å²) in [4.78, 5) is 21.8. The van der Waals surface area contributed by atoms with Crippen LogP contribution in [0.15, 0.2) is 46.9 Å². The molecular weight excluding hydrogens is 350 g/mol. The predicted octanol–water partition coefficient (Wildman–Crippen LogP) is 3.63. The summed E-state index contributed by atoms with van der Waals surface area (Å²) < 4.78 is 0.959. The summed E-state index contributed by atoms with van der Waals surface area (Å²) in [6.07, 6.45) is 0. The number of primary amides is 1. The van der Waals surface area contributed by atoms with Crippen molar-refractivity contribution in [1.29, 1.82) is 0 Å². The highest BCUT2D eigenvalue weighted by Crippen LogP contribution is 2.29. The maximum atomic E-state index is 11.2. The first-order chi connectivity index (χ1) is 10.4. The van der Waals surface area contributed by atoms with E-state index in [0.29, 0.717) is 5.69 Å². The largest absolute Gasteiger partial charge is 0.373 e. The van der Waals surface area contributed by atoms with Crippen LogP contribution >= 0.6 is 15.9 Å². The van der Waals surface area contributed by atoms with Gasteiger partial charge in [0.1, 0.15) is 5.69 Å². The molecule has 0 aliphatic heterocycles. The molecule has 0 saturated carbocycles. The van der Waals surface area contributed by atoms with Gasteiger partial charge in [-0.25, -0.2) is 0 Å². The van der Waals surface area contributed by atoms with Gasteiger partial charge >= 0.3 is 0 Å². The predicted molar refractivity (Wildman–Crippen MR) is 87.8 cm³/mol. The van der Waals surface area contributed by atoms with Crippen LogP contribution < -0.4 is 11.1 Å². The molecule has 0 aliphatic rings. The average molecular weight is 364 g/mol. The minimum absolute atomic E-state index is 0.105. The Balaban J connectivity index is 2.30. The number of hydrogen-bond donors (Lipinski definition) is 2. The lowest BCUT2D eigenvalue weighted by Crippen LogP contribution is -2.13. The number of anilines is 1. The van der Waals surface area contributed by atoms with Gasteiger partial charge in [-0.15, -0.1) is 0 Å². The SMILES string of the molecule is C[C@H](Nc1ccc(C(N)=O)cc1[N+](=O)[O-])c1ccc(Br)cc1. The first-order valence-corrected chi connectivity index (χ1v) is 7.28. The first-order valence-electron chi connectivity index (χ1n) is 6.48. The highest BCUT2D eigenvalue weighted by atomic mass is 79.9. The van der Waals surface area contributed by atoms with Gasteiger partial charge in [0.2, 0.25) is 5.91 Å². The van der Waals surface area contributed by atoms with Crippen molar-refractivity contribution < 1.29 is 9.72 Å². The molecule has 1 amide bonds. The zero-order chi connectivity index (χ0) is 16.3. The van der Waals surface area contributed by atoms with Crippen molar-refractivity contribution in [3.8, 4) is 0 Å². The summed E-state index contributed by atoms with van der Waals surface area (Å²) in [6, 6.07) is 11.7. The molecule has 7 heteroatoms. The van der Waals surface area contributed by atoms with E-state index in [1.807, 2.05) is 31.2 Å². The molecule has 2 aromatic carbocycles. The number of nitrogens with one attached hydrogen (secondary N) is 1. The van der Waals surface area contributed by atoms with E-state index in [1.165, 1.54) is 18.2 Å². The lowest BCUT2D eigenvalue weighted by atomic mass is 10.1. The third-order valence-electron chi connectivity index (χ3n) is 3.22. The number of carbonyl (C=O) groups excluding carboxylic acids is 1. The number of hydrogen-bond acceptors (Lipinski definition) is 4. The molecule has 6 nitrogen and oxygen atoms in total. The third-order valence-corrected chi connectivity index (χ3v) is 3.75. The Bertz CT molecular complexity index is 716. The van der Waals surface area contributed by atoms with Gasteiger partial charge in [-0.05, 0) is 36.8 Å². The minimum atomic E-state index is -0.699. The Kier molecular flexibility index (Phi) is 4.77. The number of nitrogens with two attached hydrogens (primary N) is 1. The van der Waals surface area contributed by atoms with Crippen LogP contribution in [0.4, 0.5) is 11.4 Å². The van der Waals surface area contributed by atoms with Crippen molar-refractivity contribution in [2.45, 2.75) is 13.0 Å². The van der Waals surface area contributed by atoms with Gasteiger partial charge in [-0.3, -0.25) is 14.9 Å². The van der Waals surface area contributed by atoms with Crippen molar-refractivity contribution >= 4 is 33.2 Å². The van der Waals surface area contributed by atoms with Gasteiger partial charge in [-0.2, -0.15) is 0 Å². The molecule has 0 aromatic heterocycles. The molecule has 0 radical (unpaired) electrons. The van der Waals surface area contributed by atoms with Gasteiger partial charge in [0.05, 0.1) is 4.92 Å². The van der Waals surface area contributed by atoms with Crippen molar-refractivity contribution in [1.82, 2.24) is 0 Å². The van der Waals surface area contributed by atoms with Crippen LogP contribution in [0.2, 0.25) is 0 Å². The molecule has 114 valence electrons. The maximum absolute atomic E-state index is 11.2. The van der Waals surface area contributed by atoms with Crippen molar-refractivity contribution in [2.75, 3.05) is 5.32 Å². The van der Waals surface area contributed by atoms with Crippen molar-refractivity contribution in [3.63, 3.8) is 0 Å². The normalized spacial score (nSPS) is 11.7. The third kappa shape index (κ3) is 3.62. The summed E-state index contributed by atoms with van der Waals surface area (Å²) >= 11 is 3.36. The Morgan fingerprint density at radius 3 is 2.45 bits per heavy atom. The molecule has 3 N–H and O–H groups in total. The number of amides is 1. The lowest BCUT2D eigenvalue weighted by Gasteiger charge is -2.16. The van der Waals surface area contributed by atoms with E-state index >= 15 is 0 Å². The molecule has 0 fully saturated rings. The smallest absolute Gasteiger partial charge is 0.293 e. The topological polar surface area (TPSA) is 98.3 Å². The molecular formula is C15H14BrN3O3. The van der Waals surface area contributed by atoms with Crippen LogP contribution in [-0.2, 0) is 0 Å². The molecule has 0 spiro atoms. The highest BCUT2D eigenvalue weighted by Gasteiger charge is 2.18. The second kappa shape index (κ2) is 6.57. The van der Waals surface area contributed by atoms with Crippen LogP contribution in [0.1, 0.15) is 28.9 Å². The standard InChI is InChI=1S/C15H14BrN3O3/c1-9(10-2-5-12(16)6-3-10)18-13-7-4-11(15(17)20)8-14(13)19(21)22/h2-9,18H,1H3,(H2,17,20)/t9-/m0/s1. The summed E-state index contributed by atoms with van der Waals surface area (Å²) in [5, 5.41) is 14.3. The zero-order valence-electron chi connectivity index (χ0n) is 11.7. The van der Waals surface area contributed by atoms with E-state index in [4.69, 9.17) is 5.73 Å². The van der Waals surface area contributed by atoms with Crippen molar-refractivity contribution in [2.24, 2.45) is 5.73 Å². The fourth-order valence-corrected chi connectivity index (χ4v) is 2.29. The molecule has 0 heterocycles. The average Bonchev–Trinajstić information content (AvgIpc) is 2.47. The molecule has 0 aliphatic carbocycles. The van der Waals surface area contributed by atoms with Gasteiger partial charge < -0.3 is 11.1 Å². The van der Waals surface area contributed by atoms with Gasteiger partial charge in [-0.1, -0.05) is 28.1 Å². The summed E-state index contributed by atoms with van der Waals surface area (Å²) in [7, 11) is 0. The number of carbonyl (C=O) groups is 1. The van der Waals surface area contributed by atoms with Crippen molar-refractivity contribution in [3.05, 3.63) is 68.2 Å². The van der Waals surface area contributed by atoms with Crippen LogP contribution in [0.5, 0.6) is 0 Å². The molecule has 0 bridgehead atoms. The van der Waals surface area contributed by atoms with E-state index in [9.17, 15) is 14.9 Å². The van der Waals surface area contributed by atoms with Crippen LogP contribution in [-0.4, -0.2) is 10.8 Å². The number of nitrogens with zero attached hydrogens (tertiary/aromatic N) is 1. The molecule has 2 rings (SSSR count). The number of rotatable bonds is 5. The van der Waals surface area contributed by atoms with E-state index in [-0.39, 0.29) is 17.3 Å². The molecule has 0 saturated heterocycles. The zero-order valence-corrected chi connectivity index (χ0v) is 13.3. The monoisotopic (exact) mass is 363 g/mol. The second-order valence-corrected chi connectivity index (χ2v) is 5.69. The van der Waals surface area contributed by atoms with Gasteiger partial charge in [0.25, 0.3) is 5.69 Å². The number of nitro benzene ring substituents is 1. The quantitative estimate of drug-likeness (QED) is 0.625. The fourth-order valence-electron chi connectivity index (χ4n) is 2.03. The van der Waals surface area contributed by atoms with E-state index < -0.39 is 10.8 Å². The van der Waals surface area contributed by atoms with Gasteiger partial charge in [0, 0.05) is 22.1 Å². The Morgan fingerprint density at radius 1 is 1.27 bits per heavy atom.